The summed E-state index contributed by atoms with van der Waals surface area (Å²) in [6.45, 7) is 1.78. The molecule has 31 heavy (non-hydrogen) atoms. The molecule has 1 aliphatic rings. The van der Waals surface area contributed by atoms with Crippen LogP contribution in [0, 0.1) is 10.1 Å². The number of para-hydroxylation sites is 1. The van der Waals surface area contributed by atoms with Crippen LogP contribution in [0.15, 0.2) is 42.5 Å². The molecule has 8 nitrogen and oxygen atoms in total. The molecule has 162 valence electrons. The van der Waals surface area contributed by atoms with Crippen LogP contribution in [-0.4, -0.2) is 42.1 Å². The molecule has 1 saturated heterocycles. The standard InChI is InChI=1S/C20H17F3N4O4/c21-20(22,23)14-11-13(26-6-8-31-9-7-26)4-5-15(14)25-19(28)16-10-12-2-1-3-17(27(29)30)18(12)24-16/h1-5,10-11,24H,6-9H2,(H,25,28). The predicted molar refractivity (Wildman–Crippen MR) is 107 cm³/mol. The zero-order chi connectivity index (χ0) is 22.2. The van der Waals surface area contributed by atoms with E-state index in [0.29, 0.717) is 37.4 Å². The number of anilines is 2. The van der Waals surface area contributed by atoms with Crippen LogP contribution in [0.5, 0.6) is 0 Å². The SMILES string of the molecule is O=C(Nc1ccc(N2CCOCC2)cc1C(F)(F)F)c1cc2cccc([N+](=O)[O-])c2[nH]1. The summed E-state index contributed by atoms with van der Waals surface area (Å²) in [6, 6.07) is 9.36. The molecule has 2 aromatic carbocycles. The van der Waals surface area contributed by atoms with Crippen LogP contribution >= 0.6 is 0 Å². The Morgan fingerprint density at radius 1 is 1.16 bits per heavy atom. The van der Waals surface area contributed by atoms with Gasteiger partial charge in [-0.2, -0.15) is 13.2 Å². The molecule has 0 bridgehead atoms. The topological polar surface area (TPSA) is 100 Å². The molecule has 4 rings (SSSR count). The van der Waals surface area contributed by atoms with E-state index < -0.39 is 28.3 Å². The monoisotopic (exact) mass is 434 g/mol. The number of hydrogen-bond donors (Lipinski definition) is 2. The quantitative estimate of drug-likeness (QED) is 0.474. The Bertz CT molecular complexity index is 1150. The molecule has 2 N–H and O–H groups in total. The van der Waals surface area contributed by atoms with Crippen LogP contribution in [0.4, 0.5) is 30.2 Å². The highest BCUT2D eigenvalue weighted by Crippen LogP contribution is 2.38. The summed E-state index contributed by atoms with van der Waals surface area (Å²) in [5.41, 5.74) is -1.20. The van der Waals surface area contributed by atoms with Crippen molar-refractivity contribution in [1.82, 2.24) is 4.98 Å². The van der Waals surface area contributed by atoms with Gasteiger partial charge in [0.25, 0.3) is 11.6 Å². The van der Waals surface area contributed by atoms with E-state index in [9.17, 15) is 28.1 Å². The van der Waals surface area contributed by atoms with Gasteiger partial charge in [0, 0.05) is 30.2 Å². The molecule has 0 saturated carbocycles. The number of nitrogens with zero attached hydrogens (tertiary/aromatic N) is 2. The summed E-state index contributed by atoms with van der Waals surface area (Å²) in [6.07, 6.45) is -4.69. The number of morpholine rings is 1. The third-order valence-corrected chi connectivity index (χ3v) is 5.01. The van der Waals surface area contributed by atoms with Crippen molar-refractivity contribution in [2.24, 2.45) is 0 Å². The number of aromatic nitrogens is 1. The fourth-order valence-corrected chi connectivity index (χ4v) is 3.50. The minimum atomic E-state index is -4.69. The molecule has 3 aromatic rings. The van der Waals surface area contributed by atoms with E-state index in [1.54, 1.807) is 11.0 Å². The van der Waals surface area contributed by atoms with Gasteiger partial charge in [-0.3, -0.25) is 14.9 Å². The van der Waals surface area contributed by atoms with Gasteiger partial charge in [-0.1, -0.05) is 12.1 Å². The number of carbonyl (C=O) groups excluding carboxylic acids is 1. The fourth-order valence-electron chi connectivity index (χ4n) is 3.50. The normalized spacial score (nSPS) is 14.6. The number of nitro groups is 1. The van der Waals surface area contributed by atoms with Crippen molar-refractivity contribution in [2.75, 3.05) is 36.5 Å². The van der Waals surface area contributed by atoms with E-state index in [1.165, 1.54) is 30.3 Å². The Hall–Kier alpha value is -3.60. The highest BCUT2D eigenvalue weighted by Gasteiger charge is 2.35. The van der Waals surface area contributed by atoms with E-state index in [1.807, 2.05) is 0 Å². The third kappa shape index (κ3) is 4.17. The summed E-state index contributed by atoms with van der Waals surface area (Å²) in [7, 11) is 0. The summed E-state index contributed by atoms with van der Waals surface area (Å²) < 4.78 is 46.3. The van der Waals surface area contributed by atoms with Gasteiger partial charge in [-0.05, 0) is 24.3 Å². The molecule has 11 heteroatoms. The van der Waals surface area contributed by atoms with Crippen LogP contribution in [0.3, 0.4) is 0 Å². The molecule has 0 radical (unpaired) electrons. The Morgan fingerprint density at radius 2 is 1.90 bits per heavy atom. The van der Waals surface area contributed by atoms with Crippen molar-refractivity contribution < 1.29 is 27.6 Å². The van der Waals surface area contributed by atoms with E-state index in [2.05, 4.69) is 10.3 Å². The second kappa shape index (κ2) is 7.91. The minimum absolute atomic E-state index is 0.0883. The maximum Gasteiger partial charge on any atom is 0.418 e. The van der Waals surface area contributed by atoms with Gasteiger partial charge >= 0.3 is 6.18 Å². The molecule has 2 heterocycles. The number of amides is 1. The van der Waals surface area contributed by atoms with Crippen LogP contribution in [0.25, 0.3) is 10.9 Å². The smallest absolute Gasteiger partial charge is 0.378 e. The molecule has 1 amide bonds. The number of fused-ring (bicyclic) bond motifs is 1. The second-order valence-electron chi connectivity index (χ2n) is 6.96. The third-order valence-electron chi connectivity index (χ3n) is 5.01. The number of nitro benzene ring substituents is 1. The van der Waals surface area contributed by atoms with Crippen molar-refractivity contribution in [3.05, 3.63) is 63.8 Å². The highest BCUT2D eigenvalue weighted by atomic mass is 19.4. The predicted octanol–water partition coefficient (Wildman–Crippen LogP) is 4.18. The zero-order valence-corrected chi connectivity index (χ0v) is 16.0. The first kappa shape index (κ1) is 20.7. The number of ether oxygens (including phenoxy) is 1. The molecule has 0 aliphatic carbocycles. The Kier molecular flexibility index (Phi) is 5.27. The average molecular weight is 434 g/mol. The van der Waals surface area contributed by atoms with E-state index >= 15 is 0 Å². The average Bonchev–Trinajstić information content (AvgIpc) is 3.18. The van der Waals surface area contributed by atoms with Gasteiger partial charge < -0.3 is 19.9 Å². The Morgan fingerprint density at radius 3 is 2.58 bits per heavy atom. The lowest BCUT2D eigenvalue weighted by atomic mass is 10.1. The van der Waals surface area contributed by atoms with Crippen molar-refractivity contribution in [3.63, 3.8) is 0 Å². The van der Waals surface area contributed by atoms with Gasteiger partial charge in [0.1, 0.15) is 11.2 Å². The van der Waals surface area contributed by atoms with Crippen molar-refractivity contribution in [2.45, 2.75) is 6.18 Å². The lowest BCUT2D eigenvalue weighted by molar-refractivity contribution is -0.383. The Balaban J connectivity index is 1.65. The van der Waals surface area contributed by atoms with Gasteiger partial charge in [-0.25, -0.2) is 0 Å². The van der Waals surface area contributed by atoms with E-state index in [4.69, 9.17) is 4.74 Å². The molecule has 1 aliphatic heterocycles. The van der Waals surface area contributed by atoms with Gasteiger partial charge in [-0.15, -0.1) is 0 Å². The highest BCUT2D eigenvalue weighted by molar-refractivity contribution is 6.07. The van der Waals surface area contributed by atoms with Crippen LogP contribution in [0.2, 0.25) is 0 Å². The lowest BCUT2D eigenvalue weighted by Crippen LogP contribution is -2.36. The number of carbonyl (C=O) groups is 1. The number of non-ortho nitro benzene ring substituents is 1. The molecular formula is C20H17F3N4O4. The van der Waals surface area contributed by atoms with Crippen LogP contribution in [-0.2, 0) is 10.9 Å². The molecule has 1 fully saturated rings. The first-order valence-electron chi connectivity index (χ1n) is 9.35. The number of aromatic amines is 1. The van der Waals surface area contributed by atoms with Crippen LogP contribution in [0.1, 0.15) is 16.1 Å². The van der Waals surface area contributed by atoms with Crippen molar-refractivity contribution in [1.29, 1.82) is 0 Å². The van der Waals surface area contributed by atoms with Crippen LogP contribution < -0.4 is 10.2 Å². The van der Waals surface area contributed by atoms with Crippen molar-refractivity contribution >= 4 is 33.9 Å². The number of H-pyrrole nitrogens is 1. The maximum absolute atomic E-state index is 13.7. The minimum Gasteiger partial charge on any atom is -0.378 e. The van der Waals surface area contributed by atoms with Gasteiger partial charge in [0.05, 0.1) is 29.4 Å². The van der Waals surface area contributed by atoms with Gasteiger partial charge in [0.2, 0.25) is 0 Å². The number of halogens is 3. The molecule has 0 unspecified atom stereocenters. The summed E-state index contributed by atoms with van der Waals surface area (Å²) in [4.78, 5) is 27.6. The summed E-state index contributed by atoms with van der Waals surface area (Å²) in [5, 5.41) is 13.8. The second-order valence-corrected chi connectivity index (χ2v) is 6.96. The maximum atomic E-state index is 13.7. The zero-order valence-electron chi connectivity index (χ0n) is 16.0. The fraction of sp³-hybridized carbons (Fsp3) is 0.250. The summed E-state index contributed by atoms with van der Waals surface area (Å²) in [5.74, 6) is -0.838. The molecule has 1 aromatic heterocycles. The first-order valence-corrected chi connectivity index (χ1v) is 9.35. The number of alkyl halides is 3. The number of hydrogen-bond acceptors (Lipinski definition) is 5. The number of benzene rings is 2. The van der Waals surface area contributed by atoms with Crippen molar-refractivity contribution in [3.8, 4) is 0 Å². The van der Waals surface area contributed by atoms with Gasteiger partial charge in [0.15, 0.2) is 0 Å². The van der Waals surface area contributed by atoms with E-state index in [0.717, 1.165) is 6.07 Å². The number of nitrogens with one attached hydrogen (secondary N) is 2. The molecule has 0 spiro atoms. The summed E-state index contributed by atoms with van der Waals surface area (Å²) >= 11 is 0. The lowest BCUT2D eigenvalue weighted by Gasteiger charge is -2.29. The first-order chi connectivity index (χ1) is 14.7. The number of rotatable bonds is 4. The molecule has 0 atom stereocenters. The Labute approximate surface area is 173 Å². The van der Waals surface area contributed by atoms with E-state index in [-0.39, 0.29) is 16.9 Å². The molecular weight excluding hydrogens is 417 g/mol. The largest absolute Gasteiger partial charge is 0.418 e.